The minimum Gasteiger partial charge on any atom is -0.480 e. The van der Waals surface area contributed by atoms with Crippen molar-refractivity contribution in [1.29, 1.82) is 5.26 Å². The van der Waals surface area contributed by atoms with Crippen LogP contribution in [-0.2, 0) is 11.2 Å². The van der Waals surface area contributed by atoms with E-state index < -0.39 is 12.0 Å². The van der Waals surface area contributed by atoms with Crippen LogP contribution in [0.2, 0.25) is 0 Å². The molecule has 1 unspecified atom stereocenters. The van der Waals surface area contributed by atoms with Gasteiger partial charge in [0.15, 0.2) is 0 Å². The highest BCUT2D eigenvalue weighted by molar-refractivity contribution is 6.10. The molecule has 2 aromatic carbocycles. The first-order valence-electron chi connectivity index (χ1n) is 6.76. The number of amides is 1. The Morgan fingerprint density at radius 3 is 2.45 bits per heavy atom. The van der Waals surface area contributed by atoms with Gasteiger partial charge in [0.05, 0.1) is 11.6 Å². The maximum atomic E-state index is 12.7. The molecule has 0 fully saturated rings. The lowest BCUT2D eigenvalue weighted by molar-refractivity contribution is -0.138. The third kappa shape index (κ3) is 2.21. The summed E-state index contributed by atoms with van der Waals surface area (Å²) < 4.78 is 0. The summed E-state index contributed by atoms with van der Waals surface area (Å²) in [6, 6.07) is 14.4. The number of hydrogen-bond acceptors (Lipinski definition) is 3. The van der Waals surface area contributed by atoms with Crippen molar-refractivity contribution in [3.63, 3.8) is 0 Å². The fourth-order valence-corrected chi connectivity index (χ4v) is 2.66. The molecule has 2 aromatic rings. The number of para-hydroxylation sites is 1. The average Bonchev–Trinajstić information content (AvgIpc) is 2.94. The van der Waals surface area contributed by atoms with Gasteiger partial charge >= 0.3 is 5.97 Å². The number of carbonyl (C=O) groups is 2. The number of carbonyl (C=O) groups excluding carboxylic acids is 1. The number of benzene rings is 2. The van der Waals surface area contributed by atoms with Gasteiger partial charge in [-0.15, -0.1) is 0 Å². The number of carboxylic acids is 1. The third-order valence-corrected chi connectivity index (χ3v) is 3.74. The molecule has 1 heterocycles. The minimum absolute atomic E-state index is 0.299. The summed E-state index contributed by atoms with van der Waals surface area (Å²) in [5.41, 5.74) is 2.29. The molecule has 1 N–H and O–H groups in total. The summed E-state index contributed by atoms with van der Waals surface area (Å²) in [5.74, 6) is -1.40. The van der Waals surface area contributed by atoms with Crippen molar-refractivity contribution in [2.45, 2.75) is 12.5 Å². The highest BCUT2D eigenvalue weighted by atomic mass is 16.4. The van der Waals surface area contributed by atoms with Crippen LogP contribution in [0.25, 0.3) is 0 Å². The predicted octanol–water partition coefficient (Wildman–Crippen LogP) is 2.21. The van der Waals surface area contributed by atoms with E-state index in [1.807, 2.05) is 18.2 Å². The van der Waals surface area contributed by atoms with Gasteiger partial charge in [-0.05, 0) is 35.9 Å². The number of nitriles is 1. The number of hydrogen-bond donors (Lipinski definition) is 1. The van der Waals surface area contributed by atoms with Gasteiger partial charge in [-0.25, -0.2) is 4.79 Å². The lowest BCUT2D eigenvalue weighted by atomic mass is 10.1. The molecule has 0 spiro atoms. The van der Waals surface area contributed by atoms with Crippen molar-refractivity contribution in [3.05, 3.63) is 65.2 Å². The topological polar surface area (TPSA) is 81.4 Å². The van der Waals surface area contributed by atoms with E-state index in [4.69, 9.17) is 5.26 Å². The second-order valence-corrected chi connectivity index (χ2v) is 5.05. The molecular formula is C17H12N2O3. The van der Waals surface area contributed by atoms with E-state index >= 15 is 0 Å². The van der Waals surface area contributed by atoms with Crippen molar-refractivity contribution in [1.82, 2.24) is 0 Å². The molecule has 1 amide bonds. The van der Waals surface area contributed by atoms with Crippen LogP contribution in [0.4, 0.5) is 5.69 Å². The van der Waals surface area contributed by atoms with Crippen molar-refractivity contribution in [3.8, 4) is 6.07 Å². The van der Waals surface area contributed by atoms with Crippen LogP contribution >= 0.6 is 0 Å². The first kappa shape index (κ1) is 13.8. The van der Waals surface area contributed by atoms with Crippen molar-refractivity contribution in [2.24, 2.45) is 0 Å². The van der Waals surface area contributed by atoms with Crippen LogP contribution in [0.5, 0.6) is 0 Å². The second-order valence-electron chi connectivity index (χ2n) is 5.05. The number of aliphatic carboxylic acids is 1. The molecule has 0 aliphatic carbocycles. The largest absolute Gasteiger partial charge is 0.480 e. The molecule has 22 heavy (non-hydrogen) atoms. The van der Waals surface area contributed by atoms with E-state index in [2.05, 4.69) is 0 Å². The molecule has 1 aliphatic heterocycles. The molecule has 5 nitrogen and oxygen atoms in total. The number of nitrogens with zero attached hydrogens (tertiary/aromatic N) is 2. The van der Waals surface area contributed by atoms with E-state index in [0.29, 0.717) is 23.2 Å². The quantitative estimate of drug-likeness (QED) is 0.920. The Labute approximate surface area is 127 Å². The van der Waals surface area contributed by atoms with E-state index in [-0.39, 0.29) is 5.91 Å². The van der Waals surface area contributed by atoms with Crippen molar-refractivity contribution >= 4 is 17.6 Å². The van der Waals surface area contributed by atoms with Crippen LogP contribution in [0, 0.1) is 11.3 Å². The summed E-state index contributed by atoms with van der Waals surface area (Å²) in [7, 11) is 0. The Morgan fingerprint density at radius 2 is 1.82 bits per heavy atom. The molecule has 0 saturated carbocycles. The molecule has 0 aromatic heterocycles. The Morgan fingerprint density at radius 1 is 1.14 bits per heavy atom. The summed E-state index contributed by atoms with van der Waals surface area (Å²) >= 11 is 0. The zero-order valence-electron chi connectivity index (χ0n) is 11.6. The average molecular weight is 292 g/mol. The molecule has 108 valence electrons. The molecule has 1 atom stereocenters. The minimum atomic E-state index is -1.03. The summed E-state index contributed by atoms with van der Waals surface area (Å²) in [4.78, 5) is 25.5. The Balaban J connectivity index is 2.01. The van der Waals surface area contributed by atoms with Crippen LogP contribution in [0.3, 0.4) is 0 Å². The number of anilines is 1. The van der Waals surface area contributed by atoms with Gasteiger partial charge in [-0.3, -0.25) is 9.69 Å². The standard InChI is InChI=1S/C17H12N2O3/c18-10-11-5-7-12(8-6-11)16(20)19-14-4-2-1-3-13(14)9-15(19)17(21)22/h1-8,15H,9H2,(H,21,22). The van der Waals surface area contributed by atoms with E-state index in [9.17, 15) is 14.7 Å². The van der Waals surface area contributed by atoms with Crippen LogP contribution in [0.15, 0.2) is 48.5 Å². The summed E-state index contributed by atoms with van der Waals surface area (Å²) in [6.45, 7) is 0. The molecule has 5 heteroatoms. The van der Waals surface area contributed by atoms with E-state index in [1.165, 1.54) is 4.90 Å². The number of carboxylic acid groups (broad SMARTS) is 1. The first-order valence-corrected chi connectivity index (χ1v) is 6.76. The van der Waals surface area contributed by atoms with Gasteiger partial charge in [-0.1, -0.05) is 18.2 Å². The SMILES string of the molecule is N#Cc1ccc(C(=O)N2c3ccccc3CC2C(=O)O)cc1. The Hall–Kier alpha value is -3.13. The maximum Gasteiger partial charge on any atom is 0.327 e. The lowest BCUT2D eigenvalue weighted by Gasteiger charge is -2.22. The van der Waals surface area contributed by atoms with Gasteiger partial charge in [0.2, 0.25) is 0 Å². The van der Waals surface area contributed by atoms with Gasteiger partial charge in [0, 0.05) is 17.7 Å². The molecule has 1 aliphatic rings. The monoisotopic (exact) mass is 292 g/mol. The van der Waals surface area contributed by atoms with Gasteiger partial charge in [0.25, 0.3) is 5.91 Å². The zero-order valence-corrected chi connectivity index (χ0v) is 11.6. The molecule has 0 saturated heterocycles. The van der Waals surface area contributed by atoms with Gasteiger partial charge in [-0.2, -0.15) is 5.26 Å². The maximum absolute atomic E-state index is 12.7. The Bertz CT molecular complexity index is 790. The lowest BCUT2D eigenvalue weighted by Crippen LogP contribution is -2.42. The highest BCUT2D eigenvalue weighted by Crippen LogP contribution is 2.33. The number of rotatable bonds is 2. The third-order valence-electron chi connectivity index (χ3n) is 3.74. The molecule has 0 radical (unpaired) electrons. The number of fused-ring (bicyclic) bond motifs is 1. The predicted molar refractivity (Wildman–Crippen MR) is 79.5 cm³/mol. The summed E-state index contributed by atoms with van der Waals surface area (Å²) in [6.07, 6.45) is 0.299. The van der Waals surface area contributed by atoms with Crippen LogP contribution in [-0.4, -0.2) is 23.0 Å². The van der Waals surface area contributed by atoms with Crippen LogP contribution in [0.1, 0.15) is 21.5 Å². The van der Waals surface area contributed by atoms with Gasteiger partial charge < -0.3 is 5.11 Å². The molecule has 3 rings (SSSR count). The zero-order chi connectivity index (χ0) is 15.7. The fourth-order valence-electron chi connectivity index (χ4n) is 2.66. The van der Waals surface area contributed by atoms with Crippen LogP contribution < -0.4 is 4.90 Å². The van der Waals surface area contributed by atoms with E-state index in [1.54, 1.807) is 36.4 Å². The van der Waals surface area contributed by atoms with Gasteiger partial charge in [0.1, 0.15) is 6.04 Å². The van der Waals surface area contributed by atoms with Crippen molar-refractivity contribution in [2.75, 3.05) is 4.90 Å². The molecular weight excluding hydrogens is 280 g/mol. The highest BCUT2D eigenvalue weighted by Gasteiger charge is 2.38. The summed E-state index contributed by atoms with van der Waals surface area (Å²) in [5, 5.41) is 18.2. The first-order chi connectivity index (χ1) is 10.6. The fraction of sp³-hybridized carbons (Fsp3) is 0.118. The van der Waals surface area contributed by atoms with Crippen molar-refractivity contribution < 1.29 is 14.7 Å². The Kier molecular flexibility index (Phi) is 3.36. The smallest absolute Gasteiger partial charge is 0.327 e. The normalized spacial score (nSPS) is 16.0. The molecule has 0 bridgehead atoms. The van der Waals surface area contributed by atoms with E-state index in [0.717, 1.165) is 5.56 Å². The second kappa shape index (κ2) is 5.34.